The van der Waals surface area contributed by atoms with Crippen molar-refractivity contribution in [2.24, 2.45) is 0 Å². The summed E-state index contributed by atoms with van der Waals surface area (Å²) in [4.78, 5) is 13.7. The molecule has 152 valence electrons. The largest absolute Gasteiger partial charge is 0.445 e. The highest BCUT2D eigenvalue weighted by Crippen LogP contribution is 2.20. The molecule has 27 heavy (non-hydrogen) atoms. The zero-order chi connectivity index (χ0) is 20.9. The van der Waals surface area contributed by atoms with E-state index < -0.39 is 11.9 Å². The summed E-state index contributed by atoms with van der Waals surface area (Å²) in [5.74, 6) is -1.50. The first kappa shape index (κ1) is 24.9. The third-order valence-corrected chi connectivity index (χ3v) is 3.52. The number of benzene rings is 1. The predicted octanol–water partition coefficient (Wildman–Crippen LogP) is 1.75. The van der Waals surface area contributed by atoms with Crippen LogP contribution in [0.5, 0.6) is 0 Å². The maximum Gasteiger partial charge on any atom is 0.410 e. The number of terminal acetylenes is 1. The van der Waals surface area contributed by atoms with Crippen molar-refractivity contribution in [1.82, 2.24) is 4.90 Å². The number of ether oxygens (including phenoxy) is 2. The van der Waals surface area contributed by atoms with Gasteiger partial charge in [-0.1, -0.05) is 30.3 Å². The zero-order valence-electron chi connectivity index (χ0n) is 16.2. The first-order valence-electron chi connectivity index (χ1n) is 8.70. The van der Waals surface area contributed by atoms with Gasteiger partial charge in [-0.25, -0.2) is 4.79 Å². The van der Waals surface area contributed by atoms with Crippen LogP contribution in [0, 0.1) is 12.8 Å². The Hall–Kier alpha value is -2.11. The number of hydrogen-bond donors (Lipinski definition) is 3. The van der Waals surface area contributed by atoms with E-state index in [1.807, 2.05) is 37.3 Å². The van der Waals surface area contributed by atoms with Crippen LogP contribution in [0.3, 0.4) is 0 Å². The number of carbonyl (C=O) groups is 1. The molecule has 0 spiro atoms. The quantitative estimate of drug-likeness (QED) is 0.531. The molecule has 0 saturated carbocycles. The normalized spacial score (nSPS) is 18.4. The summed E-state index contributed by atoms with van der Waals surface area (Å²) in [5, 5.41) is 25.3. The second-order valence-electron chi connectivity index (χ2n) is 6.38. The minimum absolute atomic E-state index is 0.0224. The van der Waals surface area contributed by atoms with E-state index >= 15 is 0 Å². The third-order valence-electron chi connectivity index (χ3n) is 3.52. The van der Waals surface area contributed by atoms with Crippen LogP contribution in [-0.2, 0) is 16.1 Å². The van der Waals surface area contributed by atoms with Crippen LogP contribution in [0.25, 0.3) is 0 Å². The highest BCUT2D eigenvalue weighted by molar-refractivity contribution is 5.68. The second kappa shape index (κ2) is 13.1. The molecule has 0 radical (unpaired) electrons. The van der Waals surface area contributed by atoms with E-state index in [9.17, 15) is 4.79 Å². The number of aliphatic hydroxyl groups excluding tert-OH is 1. The zero-order valence-corrected chi connectivity index (χ0v) is 16.2. The molecule has 3 N–H and O–H groups in total. The molecule has 1 amide bonds. The fraction of sp³-hybridized carbons (Fsp3) is 0.550. The molecule has 2 rings (SSSR count). The highest BCUT2D eigenvalue weighted by atomic mass is 16.6. The molecule has 1 unspecified atom stereocenters. The van der Waals surface area contributed by atoms with Crippen molar-refractivity contribution in [1.29, 1.82) is 0 Å². The summed E-state index contributed by atoms with van der Waals surface area (Å²) in [6.45, 7) is 5.60. The predicted molar refractivity (Wildman–Crippen MR) is 103 cm³/mol. The average Bonchev–Trinajstić information content (AvgIpc) is 3.04. The van der Waals surface area contributed by atoms with Gasteiger partial charge in [0.1, 0.15) is 6.61 Å². The number of aliphatic hydroxyl groups is 3. The molecule has 1 aliphatic rings. The number of hydrogen-bond acceptors (Lipinski definition) is 6. The van der Waals surface area contributed by atoms with Crippen LogP contribution >= 0.6 is 0 Å². The number of nitrogens with zero attached hydrogens (tertiary/aromatic N) is 1. The molecule has 1 aromatic rings. The first-order chi connectivity index (χ1) is 12.7. The van der Waals surface area contributed by atoms with Crippen LogP contribution in [0.4, 0.5) is 4.79 Å². The van der Waals surface area contributed by atoms with Gasteiger partial charge in [-0.05, 0) is 32.8 Å². The Morgan fingerprint density at radius 1 is 1.30 bits per heavy atom. The second-order valence-corrected chi connectivity index (χ2v) is 6.38. The molecule has 1 fully saturated rings. The van der Waals surface area contributed by atoms with E-state index in [1.54, 1.807) is 4.90 Å². The lowest BCUT2D eigenvalue weighted by Crippen LogP contribution is -2.45. The Labute approximate surface area is 161 Å². The number of rotatable bonds is 5. The molecule has 1 saturated heterocycles. The van der Waals surface area contributed by atoms with Crippen LogP contribution in [0.1, 0.15) is 32.8 Å². The number of amides is 1. The van der Waals surface area contributed by atoms with E-state index in [1.165, 1.54) is 13.8 Å². The van der Waals surface area contributed by atoms with Gasteiger partial charge in [0.15, 0.2) is 5.79 Å². The minimum atomic E-state index is -1.50. The van der Waals surface area contributed by atoms with Gasteiger partial charge in [-0.3, -0.25) is 0 Å². The summed E-state index contributed by atoms with van der Waals surface area (Å²) in [7, 11) is 0. The lowest BCUT2D eigenvalue weighted by Gasteiger charge is -2.29. The summed E-state index contributed by atoms with van der Waals surface area (Å²) >= 11 is 0. The van der Waals surface area contributed by atoms with Crippen molar-refractivity contribution in [2.45, 2.75) is 51.7 Å². The lowest BCUT2D eigenvalue weighted by molar-refractivity contribution is -0.127. The topological polar surface area (TPSA) is 99.5 Å². The van der Waals surface area contributed by atoms with E-state index in [-0.39, 0.29) is 31.9 Å². The van der Waals surface area contributed by atoms with Crippen LogP contribution in [-0.4, -0.2) is 64.0 Å². The molecule has 1 aliphatic heterocycles. The minimum Gasteiger partial charge on any atom is -0.445 e. The van der Waals surface area contributed by atoms with E-state index in [0.29, 0.717) is 6.61 Å². The third kappa shape index (κ3) is 11.3. The SMILES string of the molecule is C#C.CC(C)(O)O.CC1OCC[C@H]1N(CCO)C(=O)OCc1ccccc1. The van der Waals surface area contributed by atoms with Crippen molar-refractivity contribution >= 4 is 6.09 Å². The highest BCUT2D eigenvalue weighted by Gasteiger charge is 2.33. The standard InChI is InChI=1S/C15H21NO4.C3H8O2.C2H2/c1-12-14(7-10-19-12)16(8-9-17)15(18)20-11-13-5-3-2-4-6-13;1-3(2,4)5;1-2/h2-6,12,14,17H,7-11H2,1H3;4-5H,1-2H3;1-2H/t12?,14-;;/m1../s1. The molecule has 7 nitrogen and oxygen atoms in total. The Bertz CT molecular complexity index is 534. The molecule has 2 atom stereocenters. The van der Waals surface area contributed by atoms with E-state index in [4.69, 9.17) is 24.8 Å². The van der Waals surface area contributed by atoms with Gasteiger partial charge in [-0.15, -0.1) is 12.8 Å². The summed E-state index contributed by atoms with van der Waals surface area (Å²) in [6.07, 6.45) is 8.36. The molecule has 0 aromatic heterocycles. The van der Waals surface area contributed by atoms with Gasteiger partial charge in [0.05, 0.1) is 18.8 Å². The molecule has 0 bridgehead atoms. The Morgan fingerprint density at radius 3 is 2.30 bits per heavy atom. The summed E-state index contributed by atoms with van der Waals surface area (Å²) < 4.78 is 10.8. The fourth-order valence-corrected chi connectivity index (χ4v) is 2.43. The van der Waals surface area contributed by atoms with Crippen molar-refractivity contribution in [3.05, 3.63) is 35.9 Å². The van der Waals surface area contributed by atoms with Gasteiger partial charge >= 0.3 is 6.09 Å². The molecule has 0 aliphatic carbocycles. The summed E-state index contributed by atoms with van der Waals surface area (Å²) in [5.41, 5.74) is 0.945. The molecule has 7 heteroatoms. The van der Waals surface area contributed by atoms with Crippen molar-refractivity contribution in [3.8, 4) is 12.8 Å². The molecular formula is C20H31NO6. The van der Waals surface area contributed by atoms with Crippen molar-refractivity contribution in [3.63, 3.8) is 0 Å². The maximum absolute atomic E-state index is 12.2. The Morgan fingerprint density at radius 2 is 1.85 bits per heavy atom. The maximum atomic E-state index is 12.2. The Balaban J connectivity index is 0.000000838. The summed E-state index contributed by atoms with van der Waals surface area (Å²) in [6, 6.07) is 9.52. The average molecular weight is 381 g/mol. The van der Waals surface area contributed by atoms with Crippen LogP contribution < -0.4 is 0 Å². The lowest BCUT2D eigenvalue weighted by atomic mass is 10.1. The monoisotopic (exact) mass is 381 g/mol. The van der Waals surface area contributed by atoms with Crippen molar-refractivity contribution < 1.29 is 29.6 Å². The van der Waals surface area contributed by atoms with Crippen LogP contribution in [0.15, 0.2) is 30.3 Å². The molecule has 1 heterocycles. The smallest absolute Gasteiger partial charge is 0.410 e. The Kier molecular flexibility index (Phi) is 12.1. The van der Waals surface area contributed by atoms with Gasteiger partial charge in [0, 0.05) is 13.2 Å². The van der Waals surface area contributed by atoms with Crippen LogP contribution in [0.2, 0.25) is 0 Å². The van der Waals surface area contributed by atoms with Gasteiger partial charge in [0.2, 0.25) is 0 Å². The molecular weight excluding hydrogens is 350 g/mol. The molecule has 1 aromatic carbocycles. The first-order valence-corrected chi connectivity index (χ1v) is 8.70. The van der Waals surface area contributed by atoms with Gasteiger partial charge in [-0.2, -0.15) is 0 Å². The van der Waals surface area contributed by atoms with Gasteiger partial charge in [0.25, 0.3) is 0 Å². The fourth-order valence-electron chi connectivity index (χ4n) is 2.43. The van der Waals surface area contributed by atoms with E-state index in [2.05, 4.69) is 12.8 Å². The van der Waals surface area contributed by atoms with Gasteiger partial charge < -0.3 is 29.7 Å². The number of carbonyl (C=O) groups excluding carboxylic acids is 1. The van der Waals surface area contributed by atoms with Crippen molar-refractivity contribution in [2.75, 3.05) is 19.8 Å². The van der Waals surface area contributed by atoms with E-state index in [0.717, 1.165) is 12.0 Å².